The molecule has 0 aliphatic carbocycles. The molecule has 0 spiro atoms. The van der Waals surface area contributed by atoms with Crippen LogP contribution in [-0.4, -0.2) is 20.6 Å². The van der Waals surface area contributed by atoms with E-state index in [1.54, 1.807) is 0 Å². The molecular weight excluding hydrogens is 266 g/mol. The molecule has 2 N–H and O–H groups in total. The molecule has 1 heterocycles. The van der Waals surface area contributed by atoms with Gasteiger partial charge in [0.1, 0.15) is 5.82 Å². The molecule has 0 aliphatic rings. The van der Waals surface area contributed by atoms with Crippen molar-refractivity contribution in [1.82, 2.24) is 25.9 Å². The lowest BCUT2D eigenvalue weighted by atomic mass is 10.1. The van der Waals surface area contributed by atoms with Gasteiger partial charge in [0.2, 0.25) is 0 Å². The normalized spacial score (nSPS) is 11.8. The maximum absolute atomic E-state index is 13.1. The Balaban J connectivity index is 2.02. The fraction of sp³-hybridized carbons (Fsp3) is 0.300. The number of tetrazole rings is 1. The Morgan fingerprint density at radius 1 is 1.16 bits per heavy atom. The Bertz CT molecular complexity index is 537. The van der Waals surface area contributed by atoms with Crippen LogP contribution in [0.4, 0.5) is 17.6 Å². The first kappa shape index (κ1) is 13.4. The zero-order valence-corrected chi connectivity index (χ0v) is 9.50. The van der Waals surface area contributed by atoms with Crippen molar-refractivity contribution in [3.8, 4) is 0 Å². The van der Waals surface area contributed by atoms with Crippen LogP contribution in [0.3, 0.4) is 0 Å². The summed E-state index contributed by atoms with van der Waals surface area (Å²) in [5, 5.41) is 15.7. The van der Waals surface area contributed by atoms with Crippen LogP contribution in [0.1, 0.15) is 17.0 Å². The molecule has 0 amide bonds. The van der Waals surface area contributed by atoms with E-state index in [4.69, 9.17) is 0 Å². The molecule has 0 saturated carbocycles. The Hall–Kier alpha value is -2.03. The van der Waals surface area contributed by atoms with Crippen molar-refractivity contribution in [2.75, 3.05) is 0 Å². The van der Waals surface area contributed by atoms with Crippen LogP contribution in [0.25, 0.3) is 0 Å². The van der Waals surface area contributed by atoms with Gasteiger partial charge in [-0.15, -0.1) is 10.2 Å². The SMILES string of the molecule is Fc1cc(CNCc2nn[nH]n2)cc(C(F)(F)F)c1. The predicted molar refractivity (Wildman–Crippen MR) is 56.1 cm³/mol. The lowest BCUT2D eigenvalue weighted by Gasteiger charge is -2.09. The van der Waals surface area contributed by atoms with Crippen molar-refractivity contribution in [2.45, 2.75) is 19.3 Å². The van der Waals surface area contributed by atoms with Crippen molar-refractivity contribution in [2.24, 2.45) is 0 Å². The first-order valence-corrected chi connectivity index (χ1v) is 5.25. The van der Waals surface area contributed by atoms with Gasteiger partial charge in [0, 0.05) is 6.54 Å². The first-order chi connectivity index (χ1) is 8.95. The number of hydrogen-bond acceptors (Lipinski definition) is 4. The van der Waals surface area contributed by atoms with Gasteiger partial charge in [0.05, 0.1) is 12.1 Å². The predicted octanol–water partition coefficient (Wildman–Crippen LogP) is 1.65. The second-order valence-electron chi connectivity index (χ2n) is 3.78. The Morgan fingerprint density at radius 2 is 1.95 bits per heavy atom. The summed E-state index contributed by atoms with van der Waals surface area (Å²) in [4.78, 5) is 0. The van der Waals surface area contributed by atoms with E-state index in [2.05, 4.69) is 25.9 Å². The molecule has 0 unspecified atom stereocenters. The van der Waals surface area contributed by atoms with Gasteiger partial charge in [-0.25, -0.2) is 4.39 Å². The Labute approximate surface area is 105 Å². The van der Waals surface area contributed by atoms with Gasteiger partial charge in [-0.2, -0.15) is 18.4 Å². The zero-order valence-electron chi connectivity index (χ0n) is 9.50. The topological polar surface area (TPSA) is 66.5 Å². The highest BCUT2D eigenvalue weighted by molar-refractivity contribution is 5.26. The molecular formula is C10H9F4N5. The average Bonchev–Trinajstić information content (AvgIpc) is 2.80. The second kappa shape index (κ2) is 5.31. The maximum atomic E-state index is 13.1. The summed E-state index contributed by atoms with van der Waals surface area (Å²) in [5.41, 5.74) is -0.820. The van der Waals surface area contributed by atoms with E-state index >= 15 is 0 Å². The molecule has 2 rings (SSSR count). The number of H-pyrrole nitrogens is 1. The highest BCUT2D eigenvalue weighted by atomic mass is 19.4. The number of hydrogen-bond donors (Lipinski definition) is 2. The van der Waals surface area contributed by atoms with Crippen molar-refractivity contribution in [3.05, 3.63) is 41.0 Å². The standard InChI is InChI=1S/C10H9F4N5/c11-8-2-6(1-7(3-8)10(12,13)14)4-15-5-9-16-18-19-17-9/h1-3,15H,4-5H2,(H,16,17,18,19). The van der Waals surface area contributed by atoms with E-state index in [0.717, 1.165) is 12.1 Å². The van der Waals surface area contributed by atoms with Crippen LogP contribution in [0.5, 0.6) is 0 Å². The molecule has 1 aromatic heterocycles. The molecule has 0 saturated heterocycles. The van der Waals surface area contributed by atoms with Crippen molar-refractivity contribution in [3.63, 3.8) is 0 Å². The summed E-state index contributed by atoms with van der Waals surface area (Å²) >= 11 is 0. The third kappa shape index (κ3) is 3.71. The smallest absolute Gasteiger partial charge is 0.306 e. The molecule has 19 heavy (non-hydrogen) atoms. The molecule has 0 fully saturated rings. The highest BCUT2D eigenvalue weighted by Gasteiger charge is 2.31. The fourth-order valence-electron chi connectivity index (χ4n) is 1.49. The van der Waals surface area contributed by atoms with Gasteiger partial charge in [-0.05, 0) is 23.8 Å². The van der Waals surface area contributed by atoms with E-state index in [1.165, 1.54) is 0 Å². The summed E-state index contributed by atoms with van der Waals surface area (Å²) in [5.74, 6) is -0.557. The number of rotatable bonds is 4. The third-order valence-electron chi connectivity index (χ3n) is 2.29. The van der Waals surface area contributed by atoms with Crippen LogP contribution < -0.4 is 5.32 Å². The number of nitrogens with one attached hydrogen (secondary N) is 2. The van der Waals surface area contributed by atoms with Gasteiger partial charge in [-0.3, -0.25) is 0 Å². The highest BCUT2D eigenvalue weighted by Crippen LogP contribution is 2.30. The van der Waals surface area contributed by atoms with Crippen LogP contribution in [-0.2, 0) is 19.3 Å². The van der Waals surface area contributed by atoms with Gasteiger partial charge in [-0.1, -0.05) is 5.21 Å². The number of nitrogens with zero attached hydrogens (tertiary/aromatic N) is 3. The lowest BCUT2D eigenvalue weighted by molar-refractivity contribution is -0.137. The quantitative estimate of drug-likeness (QED) is 0.833. The molecule has 102 valence electrons. The van der Waals surface area contributed by atoms with Gasteiger partial charge in [0.15, 0.2) is 5.82 Å². The molecule has 9 heteroatoms. The minimum absolute atomic E-state index is 0.0649. The number of halogens is 4. The van der Waals surface area contributed by atoms with Crippen LogP contribution >= 0.6 is 0 Å². The minimum Gasteiger partial charge on any atom is -0.306 e. The summed E-state index contributed by atoms with van der Waals surface area (Å²) < 4.78 is 50.5. The molecule has 0 atom stereocenters. The molecule has 0 aliphatic heterocycles. The first-order valence-electron chi connectivity index (χ1n) is 5.25. The molecule has 0 radical (unpaired) electrons. The number of alkyl halides is 3. The molecule has 0 bridgehead atoms. The summed E-state index contributed by atoms with van der Waals surface area (Å²) in [7, 11) is 0. The third-order valence-corrected chi connectivity index (χ3v) is 2.29. The average molecular weight is 275 g/mol. The van der Waals surface area contributed by atoms with Crippen LogP contribution in [0, 0.1) is 5.82 Å². The lowest BCUT2D eigenvalue weighted by Crippen LogP contribution is -2.15. The maximum Gasteiger partial charge on any atom is 0.416 e. The summed E-state index contributed by atoms with van der Waals surface area (Å²) in [6.07, 6.45) is -4.56. The van der Waals surface area contributed by atoms with Crippen molar-refractivity contribution >= 4 is 0 Å². The molecule has 1 aromatic carbocycles. The van der Waals surface area contributed by atoms with Crippen LogP contribution in [0.2, 0.25) is 0 Å². The second-order valence-corrected chi connectivity index (χ2v) is 3.78. The van der Waals surface area contributed by atoms with Gasteiger partial charge < -0.3 is 5.32 Å². The van der Waals surface area contributed by atoms with E-state index in [-0.39, 0.29) is 18.7 Å². The zero-order chi connectivity index (χ0) is 13.9. The van der Waals surface area contributed by atoms with Crippen molar-refractivity contribution in [1.29, 1.82) is 0 Å². The Morgan fingerprint density at radius 3 is 2.58 bits per heavy atom. The van der Waals surface area contributed by atoms with E-state index in [0.29, 0.717) is 11.9 Å². The largest absolute Gasteiger partial charge is 0.416 e. The molecule has 5 nitrogen and oxygen atoms in total. The monoisotopic (exact) mass is 275 g/mol. The summed E-state index contributed by atoms with van der Waals surface area (Å²) in [6.45, 7) is 0.281. The van der Waals surface area contributed by atoms with Gasteiger partial charge in [0.25, 0.3) is 0 Å². The Kier molecular flexibility index (Phi) is 3.74. The fourth-order valence-corrected chi connectivity index (χ4v) is 1.49. The number of aromatic amines is 1. The van der Waals surface area contributed by atoms with Crippen LogP contribution in [0.15, 0.2) is 18.2 Å². The van der Waals surface area contributed by atoms with E-state index < -0.39 is 17.6 Å². The van der Waals surface area contributed by atoms with Gasteiger partial charge >= 0.3 is 6.18 Å². The van der Waals surface area contributed by atoms with Crippen molar-refractivity contribution < 1.29 is 17.6 Å². The minimum atomic E-state index is -4.56. The molecule has 2 aromatic rings. The number of aromatic nitrogens is 4. The number of benzene rings is 1. The van der Waals surface area contributed by atoms with E-state index in [1.807, 2.05) is 0 Å². The summed E-state index contributed by atoms with van der Waals surface area (Å²) in [6, 6.07) is 2.40. The van der Waals surface area contributed by atoms with E-state index in [9.17, 15) is 17.6 Å².